The lowest BCUT2D eigenvalue weighted by Crippen LogP contribution is -2.38. The Bertz CT molecular complexity index is 667. The van der Waals surface area contributed by atoms with Gasteiger partial charge in [0.05, 0.1) is 5.69 Å². The Balaban J connectivity index is 1.63. The Morgan fingerprint density at radius 1 is 0.880 bits per heavy atom. The second-order valence-electron chi connectivity index (χ2n) is 7.81. The highest BCUT2D eigenvalue weighted by Gasteiger charge is 2.33. The van der Waals surface area contributed by atoms with Crippen molar-refractivity contribution in [3.8, 4) is 0 Å². The summed E-state index contributed by atoms with van der Waals surface area (Å²) in [6.07, 6.45) is 7.22. The molecule has 0 N–H and O–H groups in total. The summed E-state index contributed by atoms with van der Waals surface area (Å²) in [6, 6.07) is 0. The molecule has 3 aliphatic rings. The van der Waals surface area contributed by atoms with E-state index in [1.165, 1.54) is 0 Å². The first-order chi connectivity index (χ1) is 12.1. The van der Waals surface area contributed by atoms with E-state index in [0.717, 1.165) is 83.4 Å². The van der Waals surface area contributed by atoms with Gasteiger partial charge in [0.1, 0.15) is 5.69 Å². The van der Waals surface area contributed by atoms with Gasteiger partial charge >= 0.3 is 0 Å². The molecule has 4 rings (SSSR count). The normalized spacial score (nSPS) is 21.5. The van der Waals surface area contributed by atoms with E-state index in [9.17, 15) is 9.59 Å². The first-order valence-corrected chi connectivity index (χ1v) is 9.83. The third kappa shape index (κ3) is 3.07. The lowest BCUT2D eigenvalue weighted by atomic mass is 9.98. The summed E-state index contributed by atoms with van der Waals surface area (Å²) >= 11 is 0. The van der Waals surface area contributed by atoms with Crippen LogP contribution in [0.4, 0.5) is 0 Å². The number of amides is 2. The van der Waals surface area contributed by atoms with E-state index in [0.29, 0.717) is 17.4 Å². The second-order valence-corrected chi connectivity index (χ2v) is 7.81. The number of likely N-dealkylation sites (tertiary alicyclic amines) is 2. The zero-order chi connectivity index (χ0) is 17.4. The highest BCUT2D eigenvalue weighted by molar-refractivity contribution is 5.97. The number of carbonyl (C=O) groups is 2. The third-order valence-corrected chi connectivity index (χ3v) is 5.98. The molecule has 1 aromatic rings. The van der Waals surface area contributed by atoms with Crippen LogP contribution in [0.25, 0.3) is 0 Å². The molecule has 6 nitrogen and oxygen atoms in total. The largest absolute Gasteiger partial charge is 0.337 e. The summed E-state index contributed by atoms with van der Waals surface area (Å²) in [5.41, 5.74) is 1.52. The summed E-state index contributed by atoms with van der Waals surface area (Å²) < 4.78 is 2.03. The van der Waals surface area contributed by atoms with Crippen molar-refractivity contribution >= 4 is 11.8 Å². The van der Waals surface area contributed by atoms with Crippen molar-refractivity contribution in [3.63, 3.8) is 0 Å². The Labute approximate surface area is 149 Å². The van der Waals surface area contributed by atoms with E-state index in [2.05, 4.69) is 11.9 Å². The molecule has 0 aromatic carbocycles. The van der Waals surface area contributed by atoms with Crippen molar-refractivity contribution in [2.45, 2.75) is 58.4 Å². The molecule has 136 valence electrons. The lowest BCUT2D eigenvalue weighted by molar-refractivity contribution is 0.0690. The number of fused-ring (bicyclic) bond motifs is 1. The number of hydrogen-bond donors (Lipinski definition) is 0. The number of rotatable bonds is 2. The minimum Gasteiger partial charge on any atom is -0.337 e. The standard InChI is InChI=1S/C19H28N4O2/c1-14-7-12-22(13-8-14)18(24)16-15-6-2-3-11-23(15)17(20-16)19(25)21-9-4-5-10-21/h14H,2-13H2,1H3. The fourth-order valence-corrected chi connectivity index (χ4v) is 4.30. The van der Waals surface area contributed by atoms with E-state index >= 15 is 0 Å². The molecule has 2 saturated heterocycles. The molecule has 0 radical (unpaired) electrons. The van der Waals surface area contributed by atoms with Crippen molar-refractivity contribution in [2.75, 3.05) is 26.2 Å². The summed E-state index contributed by atoms with van der Waals surface area (Å²) in [4.78, 5) is 34.4. The van der Waals surface area contributed by atoms with Crippen LogP contribution in [0.5, 0.6) is 0 Å². The monoisotopic (exact) mass is 344 g/mol. The summed E-state index contributed by atoms with van der Waals surface area (Å²) in [5.74, 6) is 1.21. The van der Waals surface area contributed by atoms with Gasteiger partial charge in [-0.25, -0.2) is 4.98 Å². The number of imidazole rings is 1. The van der Waals surface area contributed by atoms with Crippen molar-refractivity contribution in [1.29, 1.82) is 0 Å². The predicted octanol–water partition coefficient (Wildman–Crippen LogP) is 2.33. The minimum atomic E-state index is 0.00645. The molecule has 4 heterocycles. The van der Waals surface area contributed by atoms with Gasteiger partial charge in [-0.3, -0.25) is 9.59 Å². The first kappa shape index (κ1) is 16.6. The number of carbonyl (C=O) groups excluding carboxylic acids is 2. The maximum atomic E-state index is 13.1. The molecule has 3 aliphatic heterocycles. The number of aromatic nitrogens is 2. The van der Waals surface area contributed by atoms with Gasteiger partial charge in [0, 0.05) is 32.7 Å². The molecule has 0 aliphatic carbocycles. The molecule has 0 unspecified atom stereocenters. The molecule has 2 amide bonds. The van der Waals surface area contributed by atoms with Gasteiger partial charge in [-0.15, -0.1) is 0 Å². The van der Waals surface area contributed by atoms with E-state index in [4.69, 9.17) is 0 Å². The van der Waals surface area contributed by atoms with Crippen molar-refractivity contribution < 1.29 is 9.59 Å². The van der Waals surface area contributed by atoms with Crippen LogP contribution < -0.4 is 0 Å². The number of hydrogen-bond acceptors (Lipinski definition) is 3. The molecule has 2 fully saturated rings. The quantitative estimate of drug-likeness (QED) is 0.827. The Hall–Kier alpha value is -1.85. The van der Waals surface area contributed by atoms with Crippen LogP contribution in [0.3, 0.4) is 0 Å². The zero-order valence-electron chi connectivity index (χ0n) is 15.2. The van der Waals surface area contributed by atoms with Gasteiger partial charge in [0.2, 0.25) is 0 Å². The Morgan fingerprint density at radius 2 is 1.52 bits per heavy atom. The molecule has 0 atom stereocenters. The molecule has 0 spiro atoms. The van der Waals surface area contributed by atoms with Crippen LogP contribution in [0.15, 0.2) is 0 Å². The van der Waals surface area contributed by atoms with Gasteiger partial charge in [-0.05, 0) is 50.9 Å². The van der Waals surface area contributed by atoms with Crippen LogP contribution in [0.1, 0.15) is 72.3 Å². The SMILES string of the molecule is CC1CCN(C(=O)c2nc(C(=O)N3CCCC3)n3c2CCCC3)CC1. The van der Waals surface area contributed by atoms with Gasteiger partial charge in [-0.2, -0.15) is 0 Å². The van der Waals surface area contributed by atoms with E-state index < -0.39 is 0 Å². The highest BCUT2D eigenvalue weighted by Crippen LogP contribution is 2.25. The van der Waals surface area contributed by atoms with E-state index in [1.807, 2.05) is 14.4 Å². The lowest BCUT2D eigenvalue weighted by Gasteiger charge is -2.30. The van der Waals surface area contributed by atoms with Crippen LogP contribution in [-0.4, -0.2) is 57.3 Å². The van der Waals surface area contributed by atoms with Crippen molar-refractivity contribution in [1.82, 2.24) is 19.4 Å². The fraction of sp³-hybridized carbons (Fsp3) is 0.737. The third-order valence-electron chi connectivity index (χ3n) is 5.98. The highest BCUT2D eigenvalue weighted by atomic mass is 16.2. The van der Waals surface area contributed by atoms with Gasteiger partial charge in [0.25, 0.3) is 11.8 Å². The maximum Gasteiger partial charge on any atom is 0.289 e. The Morgan fingerprint density at radius 3 is 2.24 bits per heavy atom. The molecular weight excluding hydrogens is 316 g/mol. The molecule has 1 aromatic heterocycles. The first-order valence-electron chi connectivity index (χ1n) is 9.83. The molecule has 0 saturated carbocycles. The molecule has 0 bridgehead atoms. The van der Waals surface area contributed by atoms with Gasteiger partial charge < -0.3 is 14.4 Å². The van der Waals surface area contributed by atoms with Gasteiger partial charge in [0.15, 0.2) is 5.82 Å². The van der Waals surface area contributed by atoms with Crippen LogP contribution in [0.2, 0.25) is 0 Å². The van der Waals surface area contributed by atoms with Crippen LogP contribution in [-0.2, 0) is 13.0 Å². The average molecular weight is 344 g/mol. The van der Waals surface area contributed by atoms with Gasteiger partial charge in [-0.1, -0.05) is 6.92 Å². The average Bonchev–Trinajstić information content (AvgIpc) is 3.29. The topological polar surface area (TPSA) is 58.4 Å². The van der Waals surface area contributed by atoms with E-state index in [-0.39, 0.29) is 11.8 Å². The maximum absolute atomic E-state index is 13.1. The predicted molar refractivity (Wildman–Crippen MR) is 94.6 cm³/mol. The van der Waals surface area contributed by atoms with Crippen molar-refractivity contribution in [2.24, 2.45) is 5.92 Å². The van der Waals surface area contributed by atoms with Crippen LogP contribution in [0, 0.1) is 5.92 Å². The number of nitrogens with zero attached hydrogens (tertiary/aromatic N) is 4. The van der Waals surface area contributed by atoms with E-state index in [1.54, 1.807) is 0 Å². The number of piperidine rings is 1. The summed E-state index contributed by atoms with van der Waals surface area (Å²) in [5, 5.41) is 0. The molecule has 6 heteroatoms. The summed E-state index contributed by atoms with van der Waals surface area (Å²) in [6.45, 7) is 6.29. The molecule has 25 heavy (non-hydrogen) atoms. The minimum absolute atomic E-state index is 0.00645. The molecular formula is C19H28N4O2. The second kappa shape index (κ2) is 6.81. The fourth-order valence-electron chi connectivity index (χ4n) is 4.30. The Kier molecular flexibility index (Phi) is 4.52. The zero-order valence-corrected chi connectivity index (χ0v) is 15.2. The summed E-state index contributed by atoms with van der Waals surface area (Å²) in [7, 11) is 0. The van der Waals surface area contributed by atoms with Crippen LogP contribution >= 0.6 is 0 Å². The van der Waals surface area contributed by atoms with Crippen molar-refractivity contribution in [3.05, 3.63) is 17.2 Å². The smallest absolute Gasteiger partial charge is 0.289 e.